The standard InChI is InChI=1S/C12H22N6/c1-9-4-6-18(7-5-9)12-10(13)11(14-8-15-12)16-17(2)3/h8-9H,4-7,13H2,1-3H3,(H,14,15,16). The van der Waals surface area contributed by atoms with E-state index in [9.17, 15) is 0 Å². The van der Waals surface area contributed by atoms with Gasteiger partial charge in [0.2, 0.25) is 0 Å². The summed E-state index contributed by atoms with van der Waals surface area (Å²) in [6.45, 7) is 4.33. The summed E-state index contributed by atoms with van der Waals surface area (Å²) in [6, 6.07) is 0. The lowest BCUT2D eigenvalue weighted by atomic mass is 9.99. The molecule has 0 aromatic carbocycles. The summed E-state index contributed by atoms with van der Waals surface area (Å²) in [6.07, 6.45) is 3.95. The second-order valence-corrected chi connectivity index (χ2v) is 5.14. The van der Waals surface area contributed by atoms with Gasteiger partial charge in [-0.2, -0.15) is 0 Å². The van der Waals surface area contributed by atoms with Crippen molar-refractivity contribution in [3.8, 4) is 0 Å². The van der Waals surface area contributed by atoms with E-state index in [0.717, 1.165) is 24.8 Å². The summed E-state index contributed by atoms with van der Waals surface area (Å²) in [7, 11) is 3.81. The summed E-state index contributed by atoms with van der Waals surface area (Å²) in [5, 5.41) is 1.82. The van der Waals surface area contributed by atoms with Crippen molar-refractivity contribution >= 4 is 17.3 Å². The Morgan fingerprint density at radius 2 is 2.00 bits per heavy atom. The van der Waals surface area contributed by atoms with E-state index < -0.39 is 0 Å². The smallest absolute Gasteiger partial charge is 0.169 e. The Morgan fingerprint density at radius 1 is 1.33 bits per heavy atom. The monoisotopic (exact) mass is 250 g/mol. The first-order chi connectivity index (χ1) is 8.58. The van der Waals surface area contributed by atoms with Crippen LogP contribution in [0, 0.1) is 5.92 Å². The van der Waals surface area contributed by atoms with Gasteiger partial charge in [0.05, 0.1) is 0 Å². The van der Waals surface area contributed by atoms with Gasteiger partial charge in [-0.25, -0.2) is 15.0 Å². The molecule has 1 aromatic heterocycles. The van der Waals surface area contributed by atoms with E-state index in [2.05, 4.69) is 27.2 Å². The first-order valence-corrected chi connectivity index (χ1v) is 6.37. The molecule has 100 valence electrons. The molecule has 0 aliphatic carbocycles. The zero-order chi connectivity index (χ0) is 13.1. The molecule has 0 spiro atoms. The number of rotatable bonds is 3. The Balaban J connectivity index is 2.17. The van der Waals surface area contributed by atoms with E-state index in [1.54, 1.807) is 6.33 Å². The third-order valence-electron chi connectivity index (χ3n) is 3.28. The molecule has 0 atom stereocenters. The van der Waals surface area contributed by atoms with Crippen molar-refractivity contribution < 1.29 is 0 Å². The Bertz CT molecular complexity index is 398. The second-order valence-electron chi connectivity index (χ2n) is 5.14. The molecular formula is C12H22N6. The maximum atomic E-state index is 6.14. The van der Waals surface area contributed by atoms with Gasteiger partial charge in [-0.1, -0.05) is 6.92 Å². The van der Waals surface area contributed by atoms with Crippen LogP contribution in [0.15, 0.2) is 6.33 Å². The second kappa shape index (κ2) is 5.39. The van der Waals surface area contributed by atoms with Crippen LogP contribution in [0.25, 0.3) is 0 Å². The molecule has 2 rings (SSSR count). The average Bonchev–Trinajstić information content (AvgIpc) is 2.33. The highest BCUT2D eigenvalue weighted by atomic mass is 15.5. The van der Waals surface area contributed by atoms with Crippen molar-refractivity contribution in [2.45, 2.75) is 19.8 Å². The molecule has 1 saturated heterocycles. The highest BCUT2D eigenvalue weighted by Gasteiger charge is 2.20. The maximum absolute atomic E-state index is 6.14. The van der Waals surface area contributed by atoms with Crippen LogP contribution in [0.5, 0.6) is 0 Å². The third-order valence-corrected chi connectivity index (χ3v) is 3.28. The summed E-state index contributed by atoms with van der Waals surface area (Å²) >= 11 is 0. The van der Waals surface area contributed by atoms with Crippen molar-refractivity contribution in [3.63, 3.8) is 0 Å². The third kappa shape index (κ3) is 2.81. The van der Waals surface area contributed by atoms with E-state index in [1.807, 2.05) is 19.1 Å². The van der Waals surface area contributed by atoms with E-state index in [4.69, 9.17) is 5.73 Å². The van der Waals surface area contributed by atoms with Crippen LogP contribution < -0.4 is 16.1 Å². The van der Waals surface area contributed by atoms with Gasteiger partial charge in [-0.05, 0) is 18.8 Å². The number of nitrogens with zero attached hydrogens (tertiary/aromatic N) is 4. The number of piperidine rings is 1. The molecule has 0 bridgehead atoms. The van der Waals surface area contributed by atoms with Gasteiger partial charge in [0, 0.05) is 27.2 Å². The zero-order valence-electron chi connectivity index (χ0n) is 11.3. The summed E-state index contributed by atoms with van der Waals surface area (Å²) in [5.74, 6) is 2.31. The zero-order valence-corrected chi connectivity index (χ0v) is 11.3. The fourth-order valence-corrected chi connectivity index (χ4v) is 2.16. The predicted octanol–water partition coefficient (Wildman–Crippen LogP) is 1.18. The van der Waals surface area contributed by atoms with Crippen molar-refractivity contribution in [1.29, 1.82) is 0 Å². The highest BCUT2D eigenvalue weighted by molar-refractivity contribution is 5.74. The Hall–Kier alpha value is -1.56. The topological polar surface area (TPSA) is 70.3 Å². The molecule has 0 radical (unpaired) electrons. The first kappa shape index (κ1) is 12.9. The number of hydrogen-bond acceptors (Lipinski definition) is 6. The van der Waals surface area contributed by atoms with Crippen LogP contribution in [0.2, 0.25) is 0 Å². The van der Waals surface area contributed by atoms with Gasteiger partial charge in [-0.3, -0.25) is 0 Å². The van der Waals surface area contributed by atoms with Crippen LogP contribution in [0.1, 0.15) is 19.8 Å². The molecule has 18 heavy (non-hydrogen) atoms. The van der Waals surface area contributed by atoms with Gasteiger partial charge < -0.3 is 16.1 Å². The fourth-order valence-electron chi connectivity index (χ4n) is 2.16. The quantitative estimate of drug-likeness (QED) is 0.785. The lowest BCUT2D eigenvalue weighted by Crippen LogP contribution is -2.34. The minimum Gasteiger partial charge on any atom is -0.393 e. The molecule has 1 fully saturated rings. The van der Waals surface area contributed by atoms with Crippen LogP contribution in [0.3, 0.4) is 0 Å². The van der Waals surface area contributed by atoms with Crippen molar-refractivity contribution in [2.75, 3.05) is 43.2 Å². The SMILES string of the molecule is CC1CCN(c2ncnc(NN(C)C)c2N)CC1. The van der Waals surface area contributed by atoms with Crippen LogP contribution in [0.4, 0.5) is 17.3 Å². The van der Waals surface area contributed by atoms with E-state index in [-0.39, 0.29) is 0 Å². The van der Waals surface area contributed by atoms with Gasteiger partial charge in [0.25, 0.3) is 0 Å². The van der Waals surface area contributed by atoms with Gasteiger partial charge >= 0.3 is 0 Å². The summed E-state index contributed by atoms with van der Waals surface area (Å²) < 4.78 is 0. The van der Waals surface area contributed by atoms with Gasteiger partial charge in [0.1, 0.15) is 12.0 Å². The molecule has 3 N–H and O–H groups in total. The summed E-state index contributed by atoms with van der Waals surface area (Å²) in [4.78, 5) is 10.7. The molecule has 6 heteroatoms. The van der Waals surface area contributed by atoms with Crippen LogP contribution in [-0.4, -0.2) is 42.2 Å². The van der Waals surface area contributed by atoms with Crippen molar-refractivity contribution in [3.05, 3.63) is 6.33 Å². The molecule has 0 saturated carbocycles. The maximum Gasteiger partial charge on any atom is 0.169 e. The van der Waals surface area contributed by atoms with E-state index >= 15 is 0 Å². The first-order valence-electron chi connectivity index (χ1n) is 6.37. The lowest BCUT2D eigenvalue weighted by Gasteiger charge is -2.32. The lowest BCUT2D eigenvalue weighted by molar-refractivity contribution is 0.436. The molecule has 1 aromatic rings. The molecule has 0 unspecified atom stereocenters. The highest BCUT2D eigenvalue weighted by Crippen LogP contribution is 2.29. The molecule has 1 aliphatic rings. The predicted molar refractivity (Wildman–Crippen MR) is 74.4 cm³/mol. The number of hydrazine groups is 1. The number of nitrogens with two attached hydrogens (primary N) is 1. The number of anilines is 3. The molecule has 2 heterocycles. The molecule has 6 nitrogen and oxygen atoms in total. The summed E-state index contributed by atoms with van der Waals surface area (Å²) in [5.41, 5.74) is 9.86. The minimum absolute atomic E-state index is 0.626. The van der Waals surface area contributed by atoms with Gasteiger partial charge in [-0.15, -0.1) is 0 Å². The number of hydrogen-bond donors (Lipinski definition) is 2. The Kier molecular flexibility index (Phi) is 3.86. The Labute approximate surface area is 108 Å². The van der Waals surface area contributed by atoms with E-state index in [0.29, 0.717) is 11.5 Å². The average molecular weight is 250 g/mol. The molecule has 0 amide bonds. The molecule has 1 aliphatic heterocycles. The normalized spacial score (nSPS) is 17.2. The van der Waals surface area contributed by atoms with Crippen LogP contribution in [-0.2, 0) is 0 Å². The van der Waals surface area contributed by atoms with Crippen LogP contribution >= 0.6 is 0 Å². The molecular weight excluding hydrogens is 228 g/mol. The Morgan fingerprint density at radius 3 is 2.61 bits per heavy atom. The fraction of sp³-hybridized carbons (Fsp3) is 0.667. The number of nitrogen functional groups attached to an aromatic ring is 1. The number of nitrogens with one attached hydrogen (secondary N) is 1. The largest absolute Gasteiger partial charge is 0.393 e. The van der Waals surface area contributed by atoms with Crippen molar-refractivity contribution in [1.82, 2.24) is 15.0 Å². The van der Waals surface area contributed by atoms with Crippen molar-refractivity contribution in [2.24, 2.45) is 5.92 Å². The number of aromatic nitrogens is 2. The van der Waals surface area contributed by atoms with Gasteiger partial charge in [0.15, 0.2) is 11.6 Å². The minimum atomic E-state index is 0.626. The van der Waals surface area contributed by atoms with E-state index in [1.165, 1.54) is 12.8 Å².